The normalized spacial score (nSPS) is 20.9. The van der Waals surface area contributed by atoms with Gasteiger partial charge in [0.15, 0.2) is 0 Å². The van der Waals surface area contributed by atoms with Crippen LogP contribution in [0.15, 0.2) is 66.7 Å². The molecule has 2 aromatic carbocycles. The molecule has 2 amide bonds. The second-order valence-corrected chi connectivity index (χ2v) is 10.4. The molecule has 188 valence electrons. The van der Waals surface area contributed by atoms with E-state index in [0.29, 0.717) is 12.2 Å². The zero-order valence-corrected chi connectivity index (χ0v) is 20.9. The van der Waals surface area contributed by atoms with Crippen LogP contribution >= 0.6 is 0 Å². The lowest BCUT2D eigenvalue weighted by Gasteiger charge is -2.45. The van der Waals surface area contributed by atoms with Gasteiger partial charge in [-0.15, -0.1) is 0 Å². The minimum Gasteiger partial charge on any atom is -0.351 e. The Morgan fingerprint density at radius 1 is 0.917 bits per heavy atom. The summed E-state index contributed by atoms with van der Waals surface area (Å²) in [5, 5.41) is 3.32. The fourth-order valence-electron chi connectivity index (χ4n) is 5.60. The van der Waals surface area contributed by atoms with Crippen molar-refractivity contribution in [3.63, 3.8) is 0 Å². The van der Waals surface area contributed by atoms with Crippen molar-refractivity contribution in [2.45, 2.75) is 76.5 Å². The summed E-state index contributed by atoms with van der Waals surface area (Å²) in [7, 11) is 0. The van der Waals surface area contributed by atoms with Gasteiger partial charge in [-0.05, 0) is 55.2 Å². The van der Waals surface area contributed by atoms with Crippen LogP contribution in [-0.4, -0.2) is 32.9 Å². The lowest BCUT2D eigenvalue weighted by Crippen LogP contribution is -2.64. The summed E-state index contributed by atoms with van der Waals surface area (Å²) in [6.45, 7) is 2.45. The van der Waals surface area contributed by atoms with Gasteiger partial charge in [0, 0.05) is 18.3 Å². The smallest absolute Gasteiger partial charge is 0.271 e. The van der Waals surface area contributed by atoms with E-state index in [-0.39, 0.29) is 30.2 Å². The predicted octanol–water partition coefficient (Wildman–Crippen LogP) is 5.94. The highest BCUT2D eigenvalue weighted by atomic mass is 19.1. The highest BCUT2D eigenvalue weighted by Crippen LogP contribution is 2.34. The molecule has 0 radical (unpaired) electrons. The molecule has 0 spiro atoms. The molecule has 6 heteroatoms. The molecule has 1 aromatic heterocycles. The van der Waals surface area contributed by atoms with Gasteiger partial charge in [0.2, 0.25) is 5.91 Å². The summed E-state index contributed by atoms with van der Waals surface area (Å²) >= 11 is 0. The van der Waals surface area contributed by atoms with Crippen molar-refractivity contribution >= 4 is 11.8 Å². The van der Waals surface area contributed by atoms with Gasteiger partial charge >= 0.3 is 0 Å². The summed E-state index contributed by atoms with van der Waals surface area (Å²) in [6, 6.07) is 20.0. The first-order valence-corrected chi connectivity index (χ1v) is 13.1. The average molecular weight is 488 g/mol. The van der Waals surface area contributed by atoms with E-state index in [1.165, 1.54) is 31.4 Å². The van der Waals surface area contributed by atoms with Crippen LogP contribution in [-0.2, 0) is 17.9 Å². The molecule has 1 unspecified atom stereocenters. The SMILES string of the molecule is CC1(C(=O)NC2CCCCCCC2)Cn2c(ccc2-c2ccccc2)C(=O)N1Cc1ccc(F)cc1. The van der Waals surface area contributed by atoms with Crippen molar-refractivity contribution in [1.29, 1.82) is 0 Å². The number of nitrogens with zero attached hydrogens (tertiary/aromatic N) is 2. The van der Waals surface area contributed by atoms with Gasteiger partial charge in [-0.2, -0.15) is 0 Å². The van der Waals surface area contributed by atoms with Crippen molar-refractivity contribution in [2.24, 2.45) is 0 Å². The Hall–Kier alpha value is -3.41. The molecule has 5 nitrogen and oxygen atoms in total. The van der Waals surface area contributed by atoms with Gasteiger partial charge < -0.3 is 14.8 Å². The van der Waals surface area contributed by atoms with Crippen molar-refractivity contribution < 1.29 is 14.0 Å². The summed E-state index contributed by atoms with van der Waals surface area (Å²) < 4.78 is 15.5. The van der Waals surface area contributed by atoms with Crippen LogP contribution in [0.2, 0.25) is 0 Å². The van der Waals surface area contributed by atoms with Gasteiger partial charge in [0.1, 0.15) is 17.1 Å². The van der Waals surface area contributed by atoms with Gasteiger partial charge in [0.25, 0.3) is 5.91 Å². The molecule has 1 atom stereocenters. The van der Waals surface area contributed by atoms with Crippen LogP contribution in [0.1, 0.15) is 67.9 Å². The van der Waals surface area contributed by atoms with E-state index in [2.05, 4.69) is 5.32 Å². The van der Waals surface area contributed by atoms with Crippen LogP contribution in [0.25, 0.3) is 11.3 Å². The number of rotatable bonds is 5. The van der Waals surface area contributed by atoms with Crippen molar-refractivity contribution in [3.05, 3.63) is 83.8 Å². The largest absolute Gasteiger partial charge is 0.351 e. The minimum atomic E-state index is -1.09. The van der Waals surface area contributed by atoms with E-state index in [4.69, 9.17) is 0 Å². The maximum absolute atomic E-state index is 14.0. The molecule has 3 aromatic rings. The van der Waals surface area contributed by atoms with Crippen molar-refractivity contribution in [1.82, 2.24) is 14.8 Å². The summed E-state index contributed by atoms with van der Waals surface area (Å²) in [4.78, 5) is 29.6. The Bertz CT molecular complexity index is 1210. The number of fused-ring (bicyclic) bond motifs is 1. The van der Waals surface area contributed by atoms with Gasteiger partial charge in [-0.25, -0.2) is 4.39 Å². The van der Waals surface area contributed by atoms with E-state index in [0.717, 1.165) is 42.5 Å². The molecule has 5 rings (SSSR count). The third-order valence-corrected chi connectivity index (χ3v) is 7.76. The number of hydrogen-bond donors (Lipinski definition) is 1. The average Bonchev–Trinajstić information content (AvgIpc) is 3.28. The van der Waals surface area contributed by atoms with E-state index < -0.39 is 5.54 Å². The second-order valence-electron chi connectivity index (χ2n) is 10.4. The number of halogens is 1. The Kier molecular flexibility index (Phi) is 6.95. The molecule has 1 N–H and O–H groups in total. The lowest BCUT2D eigenvalue weighted by atomic mass is 9.91. The summed E-state index contributed by atoms with van der Waals surface area (Å²) in [6.07, 6.45) is 7.82. The molecule has 0 saturated heterocycles. The van der Waals surface area contributed by atoms with Crippen LogP contribution in [0.4, 0.5) is 4.39 Å². The van der Waals surface area contributed by atoms with Crippen molar-refractivity contribution in [3.8, 4) is 11.3 Å². The zero-order chi connectivity index (χ0) is 25.1. The van der Waals surface area contributed by atoms with Crippen LogP contribution in [0.3, 0.4) is 0 Å². The van der Waals surface area contributed by atoms with Crippen LogP contribution in [0.5, 0.6) is 0 Å². The first kappa shape index (κ1) is 24.3. The fourth-order valence-corrected chi connectivity index (χ4v) is 5.60. The number of amides is 2. The monoisotopic (exact) mass is 487 g/mol. The molecular weight excluding hydrogens is 453 g/mol. The third-order valence-electron chi connectivity index (χ3n) is 7.76. The van der Waals surface area contributed by atoms with Crippen LogP contribution in [0, 0.1) is 5.82 Å². The molecule has 0 bridgehead atoms. The number of nitrogens with one attached hydrogen (secondary N) is 1. The number of hydrogen-bond acceptors (Lipinski definition) is 2. The Morgan fingerprint density at radius 2 is 1.56 bits per heavy atom. The van der Waals surface area contributed by atoms with E-state index in [9.17, 15) is 14.0 Å². The summed E-state index contributed by atoms with van der Waals surface area (Å²) in [5.41, 5.74) is 2.19. The first-order valence-electron chi connectivity index (χ1n) is 13.1. The molecular formula is C30H34FN3O2. The number of carbonyl (C=O) groups excluding carboxylic acids is 2. The maximum Gasteiger partial charge on any atom is 0.271 e. The van der Waals surface area contributed by atoms with E-state index in [1.807, 2.05) is 54.0 Å². The summed E-state index contributed by atoms with van der Waals surface area (Å²) in [5.74, 6) is -0.639. The van der Waals surface area contributed by atoms with Gasteiger partial charge in [0.05, 0.1) is 6.54 Å². The molecule has 1 saturated carbocycles. The predicted molar refractivity (Wildman–Crippen MR) is 139 cm³/mol. The molecule has 1 fully saturated rings. The lowest BCUT2D eigenvalue weighted by molar-refractivity contribution is -0.134. The number of benzene rings is 2. The van der Waals surface area contributed by atoms with Gasteiger partial charge in [-0.1, -0.05) is 74.6 Å². The van der Waals surface area contributed by atoms with E-state index >= 15 is 0 Å². The highest BCUT2D eigenvalue weighted by Gasteiger charge is 2.48. The Labute approximate surface area is 212 Å². The highest BCUT2D eigenvalue weighted by molar-refractivity contribution is 6.00. The topological polar surface area (TPSA) is 54.3 Å². The van der Waals surface area contributed by atoms with Gasteiger partial charge in [-0.3, -0.25) is 9.59 Å². The van der Waals surface area contributed by atoms with Crippen molar-refractivity contribution in [2.75, 3.05) is 0 Å². The third kappa shape index (κ3) is 4.81. The second kappa shape index (κ2) is 10.3. The first-order chi connectivity index (χ1) is 17.5. The van der Waals surface area contributed by atoms with Crippen LogP contribution < -0.4 is 5.32 Å². The van der Waals surface area contributed by atoms with E-state index in [1.54, 1.807) is 17.0 Å². The molecule has 1 aliphatic heterocycles. The quantitative estimate of drug-likeness (QED) is 0.484. The fraction of sp³-hybridized carbons (Fsp3) is 0.400. The Morgan fingerprint density at radius 3 is 2.25 bits per heavy atom. The maximum atomic E-state index is 14.0. The molecule has 2 heterocycles. The number of aromatic nitrogens is 1. The minimum absolute atomic E-state index is 0.122. The standard InChI is InChI=1S/C30H34FN3O2/c1-30(29(36)32-25-12-8-3-2-4-9-13-25)21-33-26(23-10-6-5-7-11-23)18-19-27(33)28(35)34(30)20-22-14-16-24(31)17-15-22/h5-7,10-11,14-19,25H,2-4,8-9,12-13,20-21H2,1H3,(H,32,36). The molecule has 2 aliphatic rings. The zero-order valence-electron chi connectivity index (χ0n) is 20.9. The Balaban J connectivity index is 1.50. The molecule has 1 aliphatic carbocycles. The molecule has 36 heavy (non-hydrogen) atoms. The number of carbonyl (C=O) groups is 2.